The summed E-state index contributed by atoms with van der Waals surface area (Å²) in [5.41, 5.74) is 0. The summed E-state index contributed by atoms with van der Waals surface area (Å²) in [7, 11) is 0. The molecule has 1 aromatic heterocycles. The van der Waals surface area contributed by atoms with Crippen LogP contribution in [0.4, 0.5) is 0 Å². The molecule has 0 atom stereocenters. The molecule has 74 valence electrons. The van der Waals surface area contributed by atoms with Crippen molar-refractivity contribution < 1.29 is 18.7 Å². The summed E-state index contributed by atoms with van der Waals surface area (Å²) in [5, 5.41) is 0. The Kier molecular flexibility index (Phi) is 3.67. The van der Waals surface area contributed by atoms with E-state index in [2.05, 4.69) is 4.74 Å². The van der Waals surface area contributed by atoms with Crippen LogP contribution in [0.15, 0.2) is 22.6 Å². The minimum absolute atomic E-state index is 0.230. The molecule has 4 nitrogen and oxygen atoms in total. The fraction of sp³-hybridized carbons (Fsp3) is 0.200. The molecule has 0 aliphatic rings. The molecule has 0 bridgehead atoms. The van der Waals surface area contributed by atoms with E-state index in [9.17, 15) is 9.59 Å². The number of carbonyl (C=O) groups is 2. The van der Waals surface area contributed by atoms with Crippen LogP contribution in [0, 0.1) is 0 Å². The van der Waals surface area contributed by atoms with Gasteiger partial charge in [-0.25, -0.2) is 4.79 Å². The first-order valence-electron chi connectivity index (χ1n) is 4.16. The first kappa shape index (κ1) is 10.2. The minimum Gasteiger partial charge on any atom is -0.463 e. The molecule has 1 heterocycles. The summed E-state index contributed by atoms with van der Waals surface area (Å²) in [6, 6.07) is 3.12. The van der Waals surface area contributed by atoms with Crippen molar-refractivity contribution in [2.24, 2.45) is 0 Å². The Morgan fingerprint density at radius 1 is 1.50 bits per heavy atom. The first-order valence-corrected chi connectivity index (χ1v) is 4.16. The first-order chi connectivity index (χ1) is 6.76. The van der Waals surface area contributed by atoms with Gasteiger partial charge in [0.1, 0.15) is 5.76 Å². The van der Waals surface area contributed by atoms with E-state index < -0.39 is 5.97 Å². The van der Waals surface area contributed by atoms with Crippen LogP contribution in [0.25, 0.3) is 6.08 Å². The minimum atomic E-state index is -0.434. The average Bonchev–Trinajstić information content (AvgIpc) is 2.63. The summed E-state index contributed by atoms with van der Waals surface area (Å²) in [5.74, 6) is 0.241. The maximum absolute atomic E-state index is 10.9. The topological polar surface area (TPSA) is 56.5 Å². The van der Waals surface area contributed by atoms with Crippen molar-refractivity contribution in [3.8, 4) is 0 Å². The third-order valence-corrected chi connectivity index (χ3v) is 1.43. The Balaban J connectivity index is 2.59. The van der Waals surface area contributed by atoms with E-state index >= 15 is 0 Å². The van der Waals surface area contributed by atoms with Crippen molar-refractivity contribution >= 4 is 18.3 Å². The zero-order chi connectivity index (χ0) is 10.4. The number of ether oxygens (including phenoxy) is 1. The Hall–Kier alpha value is -1.84. The lowest BCUT2D eigenvalue weighted by Crippen LogP contribution is -1.98. The number of hydrogen-bond acceptors (Lipinski definition) is 4. The molecule has 0 aromatic carbocycles. The summed E-state index contributed by atoms with van der Waals surface area (Å²) in [4.78, 5) is 21.1. The van der Waals surface area contributed by atoms with Gasteiger partial charge in [-0.05, 0) is 25.1 Å². The monoisotopic (exact) mass is 194 g/mol. The fourth-order valence-corrected chi connectivity index (χ4v) is 0.862. The molecule has 0 aliphatic carbocycles. The zero-order valence-electron chi connectivity index (χ0n) is 7.73. The quantitative estimate of drug-likeness (QED) is 0.415. The maximum Gasteiger partial charge on any atom is 0.330 e. The average molecular weight is 194 g/mol. The smallest absolute Gasteiger partial charge is 0.330 e. The van der Waals surface area contributed by atoms with Crippen LogP contribution in [0.2, 0.25) is 0 Å². The van der Waals surface area contributed by atoms with Crippen molar-refractivity contribution in [2.45, 2.75) is 6.92 Å². The molecule has 0 unspecified atom stereocenters. The van der Waals surface area contributed by atoms with E-state index in [0.717, 1.165) is 0 Å². The van der Waals surface area contributed by atoms with Crippen LogP contribution in [0.3, 0.4) is 0 Å². The second-order valence-electron chi connectivity index (χ2n) is 2.44. The van der Waals surface area contributed by atoms with Crippen molar-refractivity contribution in [3.63, 3.8) is 0 Å². The van der Waals surface area contributed by atoms with Crippen LogP contribution in [-0.4, -0.2) is 18.9 Å². The highest BCUT2D eigenvalue weighted by atomic mass is 16.5. The van der Waals surface area contributed by atoms with Gasteiger partial charge in [0.2, 0.25) is 0 Å². The Morgan fingerprint density at radius 2 is 2.21 bits per heavy atom. The van der Waals surface area contributed by atoms with Gasteiger partial charge in [-0.2, -0.15) is 0 Å². The lowest BCUT2D eigenvalue weighted by atomic mass is 10.4. The molecule has 0 saturated heterocycles. The number of esters is 1. The standard InChI is InChI=1S/C10H10O4/c1-2-13-10(12)6-5-8-3-4-9(7-11)14-8/h3-7H,2H2,1H3. The van der Waals surface area contributed by atoms with E-state index in [4.69, 9.17) is 4.42 Å². The highest BCUT2D eigenvalue weighted by Crippen LogP contribution is 2.07. The number of carbonyl (C=O) groups excluding carboxylic acids is 2. The van der Waals surface area contributed by atoms with Crippen molar-refractivity contribution in [2.75, 3.05) is 6.61 Å². The summed E-state index contributed by atoms with van der Waals surface area (Å²) >= 11 is 0. The SMILES string of the molecule is CCOC(=O)C=Cc1ccc(C=O)o1. The third kappa shape index (κ3) is 2.90. The van der Waals surface area contributed by atoms with Crippen molar-refractivity contribution in [1.29, 1.82) is 0 Å². The lowest BCUT2D eigenvalue weighted by Gasteiger charge is -1.93. The van der Waals surface area contributed by atoms with Crippen molar-refractivity contribution in [3.05, 3.63) is 29.7 Å². The summed E-state index contributed by atoms with van der Waals surface area (Å²) in [6.07, 6.45) is 3.30. The number of rotatable bonds is 4. The van der Waals surface area contributed by atoms with Crippen LogP contribution >= 0.6 is 0 Å². The molecular formula is C10H10O4. The number of furan rings is 1. The summed E-state index contributed by atoms with van der Waals surface area (Å²) < 4.78 is 9.66. The van der Waals surface area contributed by atoms with Gasteiger partial charge < -0.3 is 9.15 Å². The Morgan fingerprint density at radius 3 is 2.79 bits per heavy atom. The molecule has 1 aromatic rings. The van der Waals surface area contributed by atoms with E-state index in [0.29, 0.717) is 18.7 Å². The van der Waals surface area contributed by atoms with Crippen LogP contribution < -0.4 is 0 Å². The Labute approximate surface area is 81.2 Å². The number of hydrogen-bond donors (Lipinski definition) is 0. The van der Waals surface area contributed by atoms with Gasteiger partial charge in [-0.3, -0.25) is 4.79 Å². The van der Waals surface area contributed by atoms with Crippen molar-refractivity contribution in [1.82, 2.24) is 0 Å². The van der Waals surface area contributed by atoms with Crippen LogP contribution in [0.1, 0.15) is 23.2 Å². The van der Waals surface area contributed by atoms with Gasteiger partial charge in [-0.15, -0.1) is 0 Å². The molecular weight excluding hydrogens is 184 g/mol. The molecule has 0 amide bonds. The fourth-order valence-electron chi connectivity index (χ4n) is 0.862. The lowest BCUT2D eigenvalue weighted by molar-refractivity contribution is -0.137. The van der Waals surface area contributed by atoms with E-state index in [1.54, 1.807) is 13.0 Å². The molecule has 0 radical (unpaired) electrons. The molecule has 0 saturated carbocycles. The second-order valence-corrected chi connectivity index (χ2v) is 2.44. The molecule has 1 rings (SSSR count). The van der Waals surface area contributed by atoms with Crippen LogP contribution in [-0.2, 0) is 9.53 Å². The van der Waals surface area contributed by atoms with Gasteiger partial charge in [0.15, 0.2) is 12.0 Å². The highest BCUT2D eigenvalue weighted by molar-refractivity contribution is 5.86. The molecule has 4 heteroatoms. The van der Waals surface area contributed by atoms with E-state index in [-0.39, 0.29) is 5.76 Å². The molecule has 0 N–H and O–H groups in total. The molecule has 0 aliphatic heterocycles. The number of aldehydes is 1. The van der Waals surface area contributed by atoms with E-state index in [1.807, 2.05) is 0 Å². The maximum atomic E-state index is 10.9. The van der Waals surface area contributed by atoms with Gasteiger partial charge in [0, 0.05) is 6.08 Å². The summed E-state index contributed by atoms with van der Waals surface area (Å²) in [6.45, 7) is 2.06. The normalized spacial score (nSPS) is 10.4. The van der Waals surface area contributed by atoms with Gasteiger partial charge >= 0.3 is 5.97 Å². The van der Waals surface area contributed by atoms with Crippen LogP contribution in [0.5, 0.6) is 0 Å². The Bertz CT molecular complexity index is 349. The highest BCUT2D eigenvalue weighted by Gasteiger charge is 1.98. The molecule has 0 spiro atoms. The van der Waals surface area contributed by atoms with Gasteiger partial charge in [-0.1, -0.05) is 0 Å². The predicted octanol–water partition coefficient (Wildman–Crippen LogP) is 1.67. The second kappa shape index (κ2) is 5.01. The van der Waals surface area contributed by atoms with Gasteiger partial charge in [0.05, 0.1) is 6.61 Å². The predicted molar refractivity (Wildman–Crippen MR) is 49.8 cm³/mol. The largest absolute Gasteiger partial charge is 0.463 e. The molecule has 0 fully saturated rings. The van der Waals surface area contributed by atoms with E-state index in [1.165, 1.54) is 18.2 Å². The molecule has 14 heavy (non-hydrogen) atoms. The third-order valence-electron chi connectivity index (χ3n) is 1.43. The van der Waals surface area contributed by atoms with Gasteiger partial charge in [0.25, 0.3) is 0 Å². The zero-order valence-corrected chi connectivity index (χ0v) is 7.73.